The number of carbonyl (C=O) groups excluding carboxylic acids is 1. The fraction of sp³-hybridized carbons (Fsp3) is 0.0556. The largest absolute Gasteiger partial charge is 0.459 e. The second-order valence-electron chi connectivity index (χ2n) is 5.43. The number of hydrogen-bond acceptors (Lipinski definition) is 4. The molecule has 0 aliphatic rings. The maximum absolute atomic E-state index is 12.5. The lowest BCUT2D eigenvalue weighted by molar-refractivity contribution is 0.0995. The normalized spacial score (nSPS) is 11.3. The van der Waals surface area contributed by atoms with Gasteiger partial charge in [0.05, 0.1) is 22.6 Å². The number of halogens is 2. The molecule has 5 nitrogen and oxygen atoms in total. The Labute approximate surface area is 167 Å². The van der Waals surface area contributed by atoms with Crippen LogP contribution in [-0.2, 0) is 15.6 Å². The molecule has 134 valence electrons. The third-order valence-electron chi connectivity index (χ3n) is 3.58. The Morgan fingerprint density at radius 2 is 1.77 bits per heavy atom. The Hall–Kier alpha value is -1.90. The topological polar surface area (TPSA) is 76.4 Å². The van der Waals surface area contributed by atoms with Crippen LogP contribution in [-0.4, -0.2) is 14.3 Å². The lowest BCUT2D eigenvalue weighted by atomic mass is 10.2. The number of hydrogen-bond donors (Lipinski definition) is 1. The third-order valence-corrected chi connectivity index (χ3v) is 6.44. The molecule has 0 saturated heterocycles. The Morgan fingerprint density at radius 1 is 1.04 bits per heavy atom. The minimum absolute atomic E-state index is 0.0311. The van der Waals surface area contributed by atoms with Crippen LogP contribution in [0.15, 0.2) is 79.1 Å². The summed E-state index contributed by atoms with van der Waals surface area (Å²) in [5, 5.41) is 2.71. The fourth-order valence-corrected chi connectivity index (χ4v) is 4.42. The van der Waals surface area contributed by atoms with E-state index in [9.17, 15) is 13.2 Å². The lowest BCUT2D eigenvalue weighted by Crippen LogP contribution is -2.15. The van der Waals surface area contributed by atoms with Gasteiger partial charge in [0.1, 0.15) is 0 Å². The first-order valence-electron chi connectivity index (χ1n) is 7.47. The van der Waals surface area contributed by atoms with E-state index in [1.54, 1.807) is 30.3 Å². The second-order valence-corrected chi connectivity index (χ2v) is 9.18. The van der Waals surface area contributed by atoms with Gasteiger partial charge in [-0.3, -0.25) is 4.79 Å². The highest BCUT2D eigenvalue weighted by atomic mass is 79.9. The van der Waals surface area contributed by atoms with E-state index < -0.39 is 15.7 Å². The van der Waals surface area contributed by atoms with Crippen LogP contribution < -0.4 is 5.32 Å². The van der Waals surface area contributed by atoms with Crippen molar-refractivity contribution in [2.24, 2.45) is 0 Å². The van der Waals surface area contributed by atoms with E-state index in [4.69, 9.17) is 4.42 Å². The molecule has 0 spiro atoms. The highest BCUT2D eigenvalue weighted by molar-refractivity contribution is 9.11. The molecule has 0 saturated carbocycles. The number of nitrogens with one attached hydrogen (secondary N) is 1. The van der Waals surface area contributed by atoms with Crippen molar-refractivity contribution >= 4 is 53.3 Å². The molecule has 26 heavy (non-hydrogen) atoms. The van der Waals surface area contributed by atoms with Gasteiger partial charge in [-0.15, -0.1) is 0 Å². The van der Waals surface area contributed by atoms with Gasteiger partial charge in [0.25, 0.3) is 5.91 Å². The van der Waals surface area contributed by atoms with Gasteiger partial charge in [-0.1, -0.05) is 34.1 Å². The molecule has 0 fully saturated rings. The molecular formula is C18H13Br2NO4S. The van der Waals surface area contributed by atoms with Crippen LogP contribution in [0.2, 0.25) is 0 Å². The van der Waals surface area contributed by atoms with E-state index in [0.717, 1.165) is 4.47 Å². The maximum Gasteiger partial charge on any atom is 0.291 e. The first-order chi connectivity index (χ1) is 12.4. The Kier molecular flexibility index (Phi) is 5.64. The van der Waals surface area contributed by atoms with E-state index in [1.165, 1.54) is 24.5 Å². The number of sulfone groups is 1. The minimum atomic E-state index is -3.58. The summed E-state index contributed by atoms with van der Waals surface area (Å²) in [6.45, 7) is 0. The second kappa shape index (κ2) is 7.77. The molecule has 3 rings (SSSR count). The number of anilines is 1. The van der Waals surface area contributed by atoms with Crippen molar-refractivity contribution in [3.8, 4) is 0 Å². The van der Waals surface area contributed by atoms with Crippen molar-refractivity contribution in [3.05, 3.63) is 81.1 Å². The molecule has 1 aromatic heterocycles. The summed E-state index contributed by atoms with van der Waals surface area (Å²) in [7, 11) is -3.58. The molecule has 0 bridgehead atoms. The van der Waals surface area contributed by atoms with E-state index >= 15 is 0 Å². The summed E-state index contributed by atoms with van der Waals surface area (Å²) in [5.74, 6) is -0.876. The lowest BCUT2D eigenvalue weighted by Gasteiger charge is -2.08. The van der Waals surface area contributed by atoms with Crippen molar-refractivity contribution in [1.82, 2.24) is 0 Å². The molecule has 0 aliphatic carbocycles. The van der Waals surface area contributed by atoms with Gasteiger partial charge in [0.2, 0.25) is 0 Å². The zero-order chi connectivity index (χ0) is 18.7. The molecule has 2 aromatic carbocycles. The summed E-state index contributed by atoms with van der Waals surface area (Å²) < 4.78 is 31.8. The molecule has 1 amide bonds. The van der Waals surface area contributed by atoms with E-state index in [-0.39, 0.29) is 16.4 Å². The highest BCUT2D eigenvalue weighted by Crippen LogP contribution is 2.27. The number of carbonyl (C=O) groups is 1. The number of amides is 1. The summed E-state index contributed by atoms with van der Waals surface area (Å²) in [6.07, 6.45) is 1.31. The van der Waals surface area contributed by atoms with Crippen LogP contribution in [0.25, 0.3) is 0 Å². The van der Waals surface area contributed by atoms with Gasteiger partial charge in [-0.25, -0.2) is 8.42 Å². The van der Waals surface area contributed by atoms with Gasteiger partial charge in [-0.05, 0) is 52.3 Å². The summed E-state index contributed by atoms with van der Waals surface area (Å²) >= 11 is 6.70. The van der Waals surface area contributed by atoms with Crippen LogP contribution in [0.4, 0.5) is 5.69 Å². The number of rotatable bonds is 5. The smallest absolute Gasteiger partial charge is 0.291 e. The predicted octanol–water partition coefficient (Wildman–Crippen LogP) is 5.03. The molecule has 0 unspecified atom stereocenters. The molecule has 1 heterocycles. The monoisotopic (exact) mass is 497 g/mol. The van der Waals surface area contributed by atoms with Crippen molar-refractivity contribution in [1.29, 1.82) is 0 Å². The predicted molar refractivity (Wildman–Crippen MR) is 106 cm³/mol. The molecule has 0 aliphatic heterocycles. The Morgan fingerprint density at radius 3 is 2.50 bits per heavy atom. The van der Waals surface area contributed by atoms with Gasteiger partial charge in [-0.2, -0.15) is 0 Å². The average molecular weight is 499 g/mol. The van der Waals surface area contributed by atoms with E-state index in [0.29, 0.717) is 15.7 Å². The van der Waals surface area contributed by atoms with Crippen molar-refractivity contribution in [2.45, 2.75) is 10.6 Å². The first-order valence-corrected chi connectivity index (χ1v) is 10.7. The quantitative estimate of drug-likeness (QED) is 0.535. The van der Waals surface area contributed by atoms with Crippen LogP contribution in [0.5, 0.6) is 0 Å². The average Bonchev–Trinajstić information content (AvgIpc) is 3.06. The number of benzene rings is 2. The molecule has 8 heteroatoms. The highest BCUT2D eigenvalue weighted by Gasteiger charge is 2.23. The van der Waals surface area contributed by atoms with Gasteiger partial charge >= 0.3 is 0 Å². The summed E-state index contributed by atoms with van der Waals surface area (Å²) in [6, 6.07) is 14.9. The molecular weight excluding hydrogens is 486 g/mol. The molecule has 3 aromatic rings. The number of furan rings is 1. The van der Waals surface area contributed by atoms with Gasteiger partial charge in [0, 0.05) is 14.5 Å². The summed E-state index contributed by atoms with van der Waals surface area (Å²) in [5.41, 5.74) is 0.843. The molecule has 1 N–H and O–H groups in total. The molecule has 0 radical (unpaired) electrons. The van der Waals surface area contributed by atoms with Crippen LogP contribution in [0.3, 0.4) is 0 Å². The van der Waals surface area contributed by atoms with Crippen molar-refractivity contribution < 1.29 is 17.6 Å². The van der Waals surface area contributed by atoms with E-state index in [1.807, 2.05) is 6.07 Å². The van der Waals surface area contributed by atoms with Crippen molar-refractivity contribution in [2.75, 3.05) is 5.32 Å². The van der Waals surface area contributed by atoms with Crippen LogP contribution in [0.1, 0.15) is 16.1 Å². The standard InChI is InChI=1S/C18H13Br2NO4S/c19-13-6-7-15(20)16(10-13)21-18(22)17-12(8-9-25-17)11-26(23,24)14-4-2-1-3-5-14/h1-10H,11H2,(H,21,22). The van der Waals surface area contributed by atoms with Crippen LogP contribution in [0, 0.1) is 0 Å². The first kappa shape index (κ1) is 18.9. The minimum Gasteiger partial charge on any atom is -0.459 e. The SMILES string of the molecule is O=C(Nc1cc(Br)ccc1Br)c1occc1CS(=O)(=O)c1ccccc1. The van der Waals surface area contributed by atoms with Gasteiger partial charge in [0.15, 0.2) is 15.6 Å². The Bertz CT molecular complexity index is 1050. The zero-order valence-electron chi connectivity index (χ0n) is 13.3. The van der Waals surface area contributed by atoms with Crippen LogP contribution >= 0.6 is 31.9 Å². The maximum atomic E-state index is 12.5. The van der Waals surface area contributed by atoms with Gasteiger partial charge < -0.3 is 9.73 Å². The third kappa shape index (κ3) is 4.25. The van der Waals surface area contributed by atoms with E-state index in [2.05, 4.69) is 37.2 Å². The Balaban J connectivity index is 1.84. The molecule has 0 atom stereocenters. The summed E-state index contributed by atoms with van der Waals surface area (Å²) in [4.78, 5) is 12.7. The fourth-order valence-electron chi connectivity index (χ4n) is 2.34. The zero-order valence-corrected chi connectivity index (χ0v) is 17.3. The van der Waals surface area contributed by atoms with Crippen molar-refractivity contribution in [3.63, 3.8) is 0 Å².